The summed E-state index contributed by atoms with van der Waals surface area (Å²) in [6.07, 6.45) is 4.00. The Morgan fingerprint density at radius 3 is 1.30 bits per heavy atom. The summed E-state index contributed by atoms with van der Waals surface area (Å²) < 4.78 is 0. The van der Waals surface area contributed by atoms with Crippen LogP contribution < -0.4 is 32.8 Å². The highest BCUT2D eigenvalue weighted by Crippen LogP contribution is 2.48. The molecule has 4 aliphatic heterocycles. The van der Waals surface area contributed by atoms with Crippen LogP contribution in [-0.4, -0.2) is 23.4 Å². The van der Waals surface area contributed by atoms with E-state index in [4.69, 9.17) is 9.97 Å². The van der Waals surface area contributed by atoms with Gasteiger partial charge in [0.2, 0.25) is 13.4 Å². The predicted octanol–water partition coefficient (Wildman–Crippen LogP) is 3.74. The highest BCUT2D eigenvalue weighted by Gasteiger charge is 2.49. The molecule has 0 spiro atoms. The zero-order valence-corrected chi connectivity index (χ0v) is 21.4. The van der Waals surface area contributed by atoms with Gasteiger partial charge in [-0.3, -0.25) is 9.97 Å². The third kappa shape index (κ3) is 2.04. The Morgan fingerprint density at radius 2 is 0.800 bits per heavy atom. The fraction of sp³-hybridized carbons (Fsp3) is 0. The summed E-state index contributed by atoms with van der Waals surface area (Å²) >= 11 is 0. The Hall–Kier alpha value is -4.95. The molecule has 0 saturated heterocycles. The quantitative estimate of drug-likeness (QED) is 0.297. The van der Waals surface area contributed by atoms with Gasteiger partial charge in [-0.25, -0.2) is 0 Å². The molecule has 0 saturated carbocycles. The average molecular weight is 500 g/mol. The van der Waals surface area contributed by atoms with Crippen LogP contribution in [0.25, 0.3) is 66.3 Å². The number of benzene rings is 5. The summed E-state index contributed by atoms with van der Waals surface area (Å²) in [6, 6.07) is 36.2. The molecule has 4 aliphatic rings. The molecule has 4 heteroatoms. The second-order valence-electron chi connectivity index (χ2n) is 11.6. The fourth-order valence-electron chi connectivity index (χ4n) is 8.76. The lowest BCUT2D eigenvalue weighted by Crippen LogP contribution is -2.54. The zero-order valence-electron chi connectivity index (χ0n) is 21.4. The lowest BCUT2D eigenvalue weighted by atomic mass is 9.33. The highest BCUT2D eigenvalue weighted by atomic mass is 14.7. The van der Waals surface area contributed by atoms with Gasteiger partial charge in [-0.2, -0.15) is 0 Å². The van der Waals surface area contributed by atoms with Gasteiger partial charge in [-0.15, -0.1) is 0 Å². The molecule has 0 bridgehead atoms. The molecule has 0 atom stereocenters. The van der Waals surface area contributed by atoms with Gasteiger partial charge in [0, 0.05) is 23.2 Å². The van der Waals surface area contributed by atoms with E-state index in [1.165, 1.54) is 88.1 Å². The minimum Gasteiger partial charge on any atom is -0.256 e. The Labute approximate surface area is 231 Å². The first-order valence-electron chi connectivity index (χ1n) is 14.1. The molecule has 178 valence electrons. The van der Waals surface area contributed by atoms with Crippen LogP contribution >= 0.6 is 0 Å². The van der Waals surface area contributed by atoms with Gasteiger partial charge in [0.1, 0.15) is 0 Å². The number of nitrogens with zero attached hydrogens (tertiary/aromatic N) is 2. The SMILES string of the molecule is c1ccc2c(c1)B1c3c-2c2c4c(c3-c3cccc5nccc1c35)-c1ccccc1B4c1ccnc3cccc-2c13. The van der Waals surface area contributed by atoms with Crippen molar-refractivity contribution in [1.82, 2.24) is 9.97 Å². The number of aromatic nitrogens is 2. The van der Waals surface area contributed by atoms with Crippen LogP contribution in [0.1, 0.15) is 0 Å². The molecule has 0 radical (unpaired) electrons. The van der Waals surface area contributed by atoms with Crippen LogP contribution in [-0.2, 0) is 0 Å². The third-order valence-corrected chi connectivity index (χ3v) is 10.00. The van der Waals surface area contributed by atoms with E-state index in [-0.39, 0.29) is 13.4 Å². The Morgan fingerprint density at radius 1 is 0.375 bits per heavy atom. The lowest BCUT2D eigenvalue weighted by molar-refractivity contribution is 1.42. The second kappa shape index (κ2) is 6.60. The molecular weight excluding hydrogens is 482 g/mol. The maximum atomic E-state index is 4.85. The fourth-order valence-corrected chi connectivity index (χ4v) is 8.76. The maximum absolute atomic E-state index is 4.85. The molecule has 0 unspecified atom stereocenters. The van der Waals surface area contributed by atoms with E-state index in [0.29, 0.717) is 0 Å². The van der Waals surface area contributed by atoms with E-state index in [0.717, 1.165) is 11.0 Å². The summed E-state index contributed by atoms with van der Waals surface area (Å²) in [4.78, 5) is 9.69. The first kappa shape index (κ1) is 20.0. The van der Waals surface area contributed by atoms with Crippen molar-refractivity contribution in [3.05, 3.63) is 109 Å². The van der Waals surface area contributed by atoms with Crippen molar-refractivity contribution >= 4 is 68.0 Å². The molecule has 6 heterocycles. The van der Waals surface area contributed by atoms with Gasteiger partial charge in [-0.1, -0.05) is 106 Å². The topological polar surface area (TPSA) is 25.8 Å². The summed E-state index contributed by atoms with van der Waals surface area (Å²) in [5, 5.41) is 2.62. The maximum Gasteiger partial charge on any atom is 0.244 e. The molecular formula is C36H18B2N2. The molecule has 0 amide bonds. The van der Waals surface area contributed by atoms with Crippen molar-refractivity contribution in [3.63, 3.8) is 0 Å². The molecule has 5 aromatic carbocycles. The van der Waals surface area contributed by atoms with E-state index in [9.17, 15) is 0 Å². The number of fused-ring (bicyclic) bond motifs is 12. The van der Waals surface area contributed by atoms with Crippen LogP contribution in [0.2, 0.25) is 0 Å². The van der Waals surface area contributed by atoms with Crippen LogP contribution in [0.4, 0.5) is 0 Å². The van der Waals surface area contributed by atoms with Gasteiger partial charge < -0.3 is 0 Å². The van der Waals surface area contributed by atoms with Gasteiger partial charge in [0.25, 0.3) is 0 Å². The lowest BCUT2D eigenvalue weighted by Gasteiger charge is -2.32. The highest BCUT2D eigenvalue weighted by molar-refractivity contribution is 7.05. The van der Waals surface area contributed by atoms with Crippen LogP contribution in [0.3, 0.4) is 0 Å². The number of hydrogen-bond donors (Lipinski definition) is 0. The summed E-state index contributed by atoms with van der Waals surface area (Å²) in [6.45, 7) is 0.396. The molecule has 7 aromatic rings. The largest absolute Gasteiger partial charge is 0.256 e. The Bertz CT molecular complexity index is 2180. The van der Waals surface area contributed by atoms with Gasteiger partial charge in [0.05, 0.1) is 11.0 Å². The molecule has 2 aromatic heterocycles. The first-order valence-corrected chi connectivity index (χ1v) is 14.1. The molecule has 40 heavy (non-hydrogen) atoms. The number of rotatable bonds is 0. The second-order valence-corrected chi connectivity index (χ2v) is 11.6. The normalized spacial score (nSPS) is 13.9. The summed E-state index contributed by atoms with van der Waals surface area (Å²) in [7, 11) is 0. The zero-order chi connectivity index (χ0) is 25.7. The van der Waals surface area contributed by atoms with Gasteiger partial charge in [-0.05, 0) is 68.8 Å². The molecule has 0 N–H and O–H groups in total. The van der Waals surface area contributed by atoms with Crippen molar-refractivity contribution in [2.24, 2.45) is 0 Å². The van der Waals surface area contributed by atoms with E-state index >= 15 is 0 Å². The van der Waals surface area contributed by atoms with Crippen molar-refractivity contribution in [2.45, 2.75) is 0 Å². The molecule has 0 fully saturated rings. The average Bonchev–Trinajstić information content (AvgIpc) is 3.53. The Kier molecular flexibility index (Phi) is 3.31. The monoisotopic (exact) mass is 500 g/mol. The van der Waals surface area contributed by atoms with Crippen LogP contribution in [0.15, 0.2) is 109 Å². The summed E-state index contributed by atoms with van der Waals surface area (Å²) in [5.74, 6) is 0. The number of pyridine rings is 2. The van der Waals surface area contributed by atoms with E-state index < -0.39 is 0 Å². The van der Waals surface area contributed by atoms with Crippen molar-refractivity contribution < 1.29 is 0 Å². The smallest absolute Gasteiger partial charge is 0.244 e. The molecule has 2 nitrogen and oxygen atoms in total. The van der Waals surface area contributed by atoms with Crippen LogP contribution in [0.5, 0.6) is 0 Å². The van der Waals surface area contributed by atoms with E-state index in [1.54, 1.807) is 0 Å². The standard InChI is InChI=1S/C36H18B2N2/c1-3-11-23-19(7-1)31-33-21-9-5-13-27-29(21)26(16-18-40-27)38-24-12-4-2-8-20(24)32(36(33)38)34-22-10-6-14-28-30(22)25(15-17-39-28)37(23)35(31)34/h1-18H. The van der Waals surface area contributed by atoms with Gasteiger partial charge in [0.15, 0.2) is 0 Å². The predicted molar refractivity (Wildman–Crippen MR) is 168 cm³/mol. The first-order chi connectivity index (χ1) is 19.9. The molecule has 11 rings (SSSR count). The van der Waals surface area contributed by atoms with Gasteiger partial charge >= 0.3 is 0 Å². The van der Waals surface area contributed by atoms with Crippen LogP contribution in [0, 0.1) is 0 Å². The Balaban J connectivity index is 1.47. The minimum atomic E-state index is 0.198. The third-order valence-electron chi connectivity index (χ3n) is 10.00. The molecule has 0 aliphatic carbocycles. The van der Waals surface area contributed by atoms with E-state index in [1.807, 2.05) is 12.4 Å². The number of hydrogen-bond acceptors (Lipinski definition) is 2. The van der Waals surface area contributed by atoms with E-state index in [2.05, 4.69) is 97.1 Å². The van der Waals surface area contributed by atoms with Crippen molar-refractivity contribution in [3.8, 4) is 44.5 Å². The minimum absolute atomic E-state index is 0.198. The van der Waals surface area contributed by atoms with Crippen molar-refractivity contribution in [2.75, 3.05) is 0 Å². The summed E-state index contributed by atoms with van der Waals surface area (Å²) in [5.41, 5.74) is 21.8. The van der Waals surface area contributed by atoms with Crippen molar-refractivity contribution in [1.29, 1.82) is 0 Å².